The van der Waals surface area contributed by atoms with Crippen LogP contribution < -0.4 is 5.11 Å². The van der Waals surface area contributed by atoms with Gasteiger partial charge in [0.15, 0.2) is 0 Å². The SMILES string of the molecule is [3H]/C([NH-])=C/[O-].[Mn]. The molecule has 3 heteroatoms. The van der Waals surface area contributed by atoms with Crippen molar-refractivity contribution in [2.24, 2.45) is 0 Å². The predicted octanol–water partition coefficient (Wildman–Crippen LogP) is -0.132. The van der Waals surface area contributed by atoms with Crippen LogP contribution in [0, 0.1) is 0 Å². The van der Waals surface area contributed by atoms with Gasteiger partial charge in [0, 0.05) is 18.4 Å². The van der Waals surface area contributed by atoms with E-state index in [1.807, 2.05) is 0 Å². The fourth-order valence-corrected chi connectivity index (χ4v) is 0. The van der Waals surface area contributed by atoms with Gasteiger partial charge in [-0.05, 0) is 0 Å². The average molecular weight is 114 g/mol. The van der Waals surface area contributed by atoms with E-state index >= 15 is 0 Å². The molecule has 0 aromatic rings. The van der Waals surface area contributed by atoms with Gasteiger partial charge in [0.1, 0.15) is 0 Å². The normalized spacial score (nSPS) is 12.0. The van der Waals surface area contributed by atoms with Crippen molar-refractivity contribution in [3.05, 3.63) is 18.2 Å². The third-order valence-corrected chi connectivity index (χ3v) is 0.0589. The van der Waals surface area contributed by atoms with Crippen LogP contribution in [0.2, 0.25) is 0 Å². The Bertz CT molecular complexity index is 51.5. The van der Waals surface area contributed by atoms with E-state index in [0.29, 0.717) is 0 Å². The summed E-state index contributed by atoms with van der Waals surface area (Å²) in [5.74, 6) is 0. The van der Waals surface area contributed by atoms with Gasteiger partial charge in [0.2, 0.25) is 0 Å². The maximum absolute atomic E-state index is 9.09. The molecule has 1 N–H and O–H groups in total. The van der Waals surface area contributed by atoms with Gasteiger partial charge in [-0.1, -0.05) is 0 Å². The second-order valence-corrected chi connectivity index (χ2v) is 0.262. The van der Waals surface area contributed by atoms with Crippen LogP contribution in [-0.4, -0.2) is 0 Å². The fourth-order valence-electron chi connectivity index (χ4n) is 0. The van der Waals surface area contributed by atoms with Crippen LogP contribution in [0.15, 0.2) is 12.4 Å². The van der Waals surface area contributed by atoms with Crippen LogP contribution >= 0.6 is 0 Å². The summed E-state index contributed by atoms with van der Waals surface area (Å²) < 4.78 is 6.04. The number of hydrogen-bond acceptors (Lipinski definition) is 1. The first-order chi connectivity index (χ1) is 2.27. The van der Waals surface area contributed by atoms with Crippen LogP contribution in [-0.2, 0) is 17.1 Å². The minimum atomic E-state index is -0.676. The molecule has 2 nitrogen and oxygen atoms in total. The minimum absolute atomic E-state index is 0. The van der Waals surface area contributed by atoms with E-state index in [1.54, 1.807) is 0 Å². The second kappa shape index (κ2) is 9.13. The summed E-state index contributed by atoms with van der Waals surface area (Å²) in [4.78, 5) is 0. The summed E-state index contributed by atoms with van der Waals surface area (Å²) in [5, 5.41) is 9.09. The molecule has 0 saturated heterocycles. The molecule has 0 rings (SSSR count). The monoisotopic (exact) mass is 114 g/mol. The molecule has 0 aliphatic carbocycles. The number of hydrogen-bond donors (Lipinski definition) is 0. The van der Waals surface area contributed by atoms with Gasteiger partial charge in [-0.25, -0.2) is 0 Å². The first kappa shape index (κ1) is 4.86. The molecule has 0 saturated carbocycles. The zero-order valence-corrected chi connectivity index (χ0v) is 3.54. The third kappa shape index (κ3) is 18.1. The van der Waals surface area contributed by atoms with Crippen LogP contribution in [0.5, 0.6) is 0 Å². The van der Waals surface area contributed by atoms with Gasteiger partial charge in [-0.2, -0.15) is 12.4 Å². The van der Waals surface area contributed by atoms with Gasteiger partial charge in [-0.15, -0.1) is 0 Å². The van der Waals surface area contributed by atoms with E-state index in [1.165, 1.54) is 0 Å². The van der Waals surface area contributed by atoms with Crippen molar-refractivity contribution >= 4 is 0 Å². The van der Waals surface area contributed by atoms with Gasteiger partial charge < -0.3 is 10.8 Å². The molecule has 0 aromatic carbocycles. The summed E-state index contributed by atoms with van der Waals surface area (Å²) in [7, 11) is 0. The van der Waals surface area contributed by atoms with Crippen molar-refractivity contribution in [2.75, 3.05) is 0 Å². The predicted molar refractivity (Wildman–Crippen MR) is 13.5 cm³/mol. The van der Waals surface area contributed by atoms with E-state index < -0.39 is 6.18 Å². The largest absolute Gasteiger partial charge is 0.879 e. The summed E-state index contributed by atoms with van der Waals surface area (Å²) >= 11 is 0. The molecular formula is C2H3MnNO-2. The van der Waals surface area contributed by atoms with Crippen LogP contribution in [0.25, 0.3) is 5.73 Å². The van der Waals surface area contributed by atoms with Crippen molar-refractivity contribution in [2.45, 2.75) is 0 Å². The molecule has 0 heterocycles. The molecule has 0 fully saturated rings. The quantitative estimate of drug-likeness (QED) is 0.319. The van der Waals surface area contributed by atoms with E-state index in [-0.39, 0.29) is 23.3 Å². The minimum Gasteiger partial charge on any atom is -0.879 e. The van der Waals surface area contributed by atoms with Gasteiger partial charge in [0.05, 0.1) is 0 Å². The second-order valence-electron chi connectivity index (χ2n) is 0.262. The average Bonchev–Trinajstić information content (AvgIpc) is 1.38. The zero-order valence-electron chi connectivity index (χ0n) is 3.36. The van der Waals surface area contributed by atoms with Crippen molar-refractivity contribution < 1.29 is 23.5 Å². The molecule has 0 spiro atoms. The molecule has 0 bridgehead atoms. The van der Waals surface area contributed by atoms with E-state index in [2.05, 4.69) is 0 Å². The Balaban J connectivity index is 0. The topological polar surface area (TPSA) is 46.9 Å². The first-order valence-electron chi connectivity index (χ1n) is 1.27. The number of nitrogens with one attached hydrogen (secondary N) is 1. The molecule has 31 valence electrons. The van der Waals surface area contributed by atoms with Crippen molar-refractivity contribution in [3.63, 3.8) is 0 Å². The van der Waals surface area contributed by atoms with Crippen molar-refractivity contribution in [3.8, 4) is 0 Å². The van der Waals surface area contributed by atoms with Crippen molar-refractivity contribution in [1.29, 1.82) is 0 Å². The summed E-state index contributed by atoms with van der Waals surface area (Å²) in [6.45, 7) is 0. The van der Waals surface area contributed by atoms with E-state index in [4.69, 9.17) is 12.2 Å². The summed E-state index contributed by atoms with van der Waals surface area (Å²) in [5.41, 5.74) is 6.04. The number of rotatable bonds is 0. The Morgan fingerprint density at radius 2 is 2.20 bits per heavy atom. The van der Waals surface area contributed by atoms with Gasteiger partial charge in [0.25, 0.3) is 0 Å². The zero-order chi connectivity index (χ0) is 4.28. The standard InChI is InChI=1S/C2H4NO.Mn/c3-1-2-4;/h1-4H;/q-1;/p-1/b2-1-;/i1T;. The Morgan fingerprint density at radius 3 is 2.20 bits per heavy atom. The molecule has 0 unspecified atom stereocenters. The third-order valence-electron chi connectivity index (χ3n) is 0.0589. The van der Waals surface area contributed by atoms with Gasteiger partial charge >= 0.3 is 0 Å². The Morgan fingerprint density at radius 1 is 2.00 bits per heavy atom. The Labute approximate surface area is 42.5 Å². The maximum atomic E-state index is 9.09. The van der Waals surface area contributed by atoms with E-state index in [0.717, 1.165) is 0 Å². The molecule has 5 heavy (non-hydrogen) atoms. The first-order valence-corrected chi connectivity index (χ1v) is 0.774. The van der Waals surface area contributed by atoms with Crippen LogP contribution in [0.4, 0.5) is 0 Å². The molecular weight excluding hydrogens is 109 g/mol. The molecule has 0 aliphatic heterocycles. The molecule has 0 aromatic heterocycles. The van der Waals surface area contributed by atoms with Crippen LogP contribution in [0.3, 0.4) is 0 Å². The molecule has 0 aliphatic rings. The maximum Gasteiger partial charge on any atom is 0.0347 e. The Hall–Kier alpha value is -0.141. The van der Waals surface area contributed by atoms with Crippen molar-refractivity contribution in [1.82, 2.24) is 0 Å². The van der Waals surface area contributed by atoms with E-state index in [9.17, 15) is 0 Å². The molecule has 0 amide bonds. The Kier molecular flexibility index (Phi) is 8.87. The smallest absolute Gasteiger partial charge is 0.0347 e. The molecule has 1 radical (unpaired) electrons. The van der Waals surface area contributed by atoms with Crippen LogP contribution in [0.1, 0.15) is 1.37 Å². The fraction of sp³-hybridized carbons (Fsp3) is 0. The summed E-state index contributed by atoms with van der Waals surface area (Å²) in [6, 6.07) is 0. The molecule has 0 atom stereocenters. The van der Waals surface area contributed by atoms with Gasteiger partial charge in [-0.3, -0.25) is 0 Å². The summed E-state index contributed by atoms with van der Waals surface area (Å²) in [6.07, 6.45) is -0.509.